The highest BCUT2D eigenvalue weighted by molar-refractivity contribution is 5.71. The van der Waals surface area contributed by atoms with Crippen LogP contribution in [0.25, 0.3) is 11.4 Å². The number of benzene rings is 1. The molecule has 46 heavy (non-hydrogen) atoms. The van der Waals surface area contributed by atoms with Crippen LogP contribution in [0.4, 0.5) is 36.2 Å². The third-order valence-electron chi connectivity index (χ3n) is 6.98. The summed E-state index contributed by atoms with van der Waals surface area (Å²) < 4.78 is 44.0. The van der Waals surface area contributed by atoms with Gasteiger partial charge in [0.1, 0.15) is 17.0 Å². The first-order valence-electron chi connectivity index (χ1n) is 14.7. The third kappa shape index (κ3) is 8.41. The second kappa shape index (κ2) is 14.0. The molecule has 0 saturated carbocycles. The van der Waals surface area contributed by atoms with Crippen LogP contribution in [0.5, 0.6) is 5.75 Å². The number of nitrogen functional groups attached to an aromatic ring is 1. The highest BCUT2D eigenvalue weighted by Crippen LogP contribution is 2.30. The molecule has 246 valence electrons. The largest absolute Gasteiger partial charge is 0.444 e. The van der Waals surface area contributed by atoms with Crippen LogP contribution in [0.2, 0.25) is 0 Å². The molecular formula is C29H36F2N10O5. The Balaban J connectivity index is 1.23. The van der Waals surface area contributed by atoms with Gasteiger partial charge in [0.05, 0.1) is 18.8 Å². The molecule has 0 atom stereocenters. The number of piperazine rings is 1. The van der Waals surface area contributed by atoms with E-state index < -0.39 is 29.9 Å². The zero-order valence-electron chi connectivity index (χ0n) is 25.8. The first-order chi connectivity index (χ1) is 21.9. The molecule has 2 aliphatic heterocycles. The van der Waals surface area contributed by atoms with E-state index in [2.05, 4.69) is 30.2 Å². The fraction of sp³-hybridized carbons (Fsp3) is 0.483. The summed E-state index contributed by atoms with van der Waals surface area (Å²) in [4.78, 5) is 51.4. The number of amides is 2. The van der Waals surface area contributed by atoms with Gasteiger partial charge in [-0.05, 0) is 38.5 Å². The van der Waals surface area contributed by atoms with Crippen molar-refractivity contribution in [1.29, 1.82) is 0 Å². The lowest BCUT2D eigenvalue weighted by Gasteiger charge is -2.34. The summed E-state index contributed by atoms with van der Waals surface area (Å²) in [5.41, 5.74) is 5.16. The molecule has 1 aromatic carbocycles. The Morgan fingerprint density at radius 1 is 0.957 bits per heavy atom. The van der Waals surface area contributed by atoms with E-state index in [4.69, 9.17) is 19.9 Å². The number of ether oxygens (including phenoxy) is 3. The summed E-state index contributed by atoms with van der Waals surface area (Å²) in [7, 11) is 0. The van der Waals surface area contributed by atoms with Crippen LogP contribution < -0.4 is 25.6 Å². The minimum Gasteiger partial charge on any atom is -0.444 e. The lowest BCUT2D eigenvalue weighted by molar-refractivity contribution is 0.0523. The normalized spacial score (nSPS) is 15.6. The van der Waals surface area contributed by atoms with Crippen LogP contribution in [0.3, 0.4) is 0 Å². The molecule has 0 aliphatic carbocycles. The second-order valence-electron chi connectivity index (χ2n) is 11.5. The van der Waals surface area contributed by atoms with Crippen LogP contribution >= 0.6 is 0 Å². The fourth-order valence-electron chi connectivity index (χ4n) is 4.69. The van der Waals surface area contributed by atoms with Gasteiger partial charge < -0.3 is 40.0 Å². The maximum absolute atomic E-state index is 13.9. The number of nitrogens with zero attached hydrogens (tertiary/aromatic N) is 8. The van der Waals surface area contributed by atoms with E-state index in [0.29, 0.717) is 64.2 Å². The van der Waals surface area contributed by atoms with Crippen LogP contribution in [-0.2, 0) is 16.0 Å². The van der Waals surface area contributed by atoms with Gasteiger partial charge in [0.2, 0.25) is 17.8 Å². The quantitative estimate of drug-likeness (QED) is 0.385. The molecule has 2 aromatic heterocycles. The Morgan fingerprint density at radius 3 is 2.20 bits per heavy atom. The lowest BCUT2D eigenvalue weighted by Crippen LogP contribution is -2.50. The lowest BCUT2D eigenvalue weighted by atomic mass is 10.2. The minimum absolute atomic E-state index is 0.00614. The molecule has 3 N–H and O–H groups in total. The number of anilines is 3. The van der Waals surface area contributed by atoms with Gasteiger partial charge >= 0.3 is 12.2 Å². The summed E-state index contributed by atoms with van der Waals surface area (Å²) in [5.74, 6) is 0.648. The molecule has 2 amide bonds. The number of halogens is 2. The van der Waals surface area contributed by atoms with Crippen molar-refractivity contribution < 1.29 is 32.6 Å². The fourth-order valence-corrected chi connectivity index (χ4v) is 4.69. The number of carbonyl (C=O) groups excluding carboxylic acids is 2. The second-order valence-corrected chi connectivity index (χ2v) is 11.5. The molecule has 2 saturated heterocycles. The number of nitrogens with two attached hydrogens (primary N) is 1. The van der Waals surface area contributed by atoms with Crippen molar-refractivity contribution in [2.24, 2.45) is 0 Å². The summed E-state index contributed by atoms with van der Waals surface area (Å²) in [5, 5.41) is 2.68. The van der Waals surface area contributed by atoms with E-state index in [9.17, 15) is 18.4 Å². The smallest absolute Gasteiger partial charge is 0.415 e. The van der Waals surface area contributed by atoms with Gasteiger partial charge in [-0.1, -0.05) is 12.1 Å². The zero-order valence-corrected chi connectivity index (χ0v) is 25.8. The standard InChI is InChI=1S/C29H36F2N10O5/c1-29(2,3)46-27(42)34-16-18-4-6-19(7-5-18)45-28(43)41-10-8-39(9-11-41)25-36-23(20-17-33-24(32)35-21(20)22(30)31)37-26(38-25)40-12-14-44-15-13-40/h4-7,17,22H,8-16H2,1-3H3,(H,34,42)(H2,32,33,35). The Labute approximate surface area is 264 Å². The number of hydrogen-bond acceptors (Lipinski definition) is 13. The van der Waals surface area contributed by atoms with Gasteiger partial charge in [0, 0.05) is 52.0 Å². The average Bonchev–Trinajstić information content (AvgIpc) is 3.04. The maximum Gasteiger partial charge on any atom is 0.415 e. The number of alkyl carbamates (subject to hydrolysis) is 1. The van der Waals surface area contributed by atoms with Crippen molar-refractivity contribution in [2.75, 3.05) is 68.0 Å². The van der Waals surface area contributed by atoms with Crippen LogP contribution in [0.15, 0.2) is 30.5 Å². The molecule has 2 fully saturated rings. The number of nitrogens with one attached hydrogen (secondary N) is 1. The minimum atomic E-state index is -2.92. The first kappa shape index (κ1) is 32.5. The summed E-state index contributed by atoms with van der Waals surface area (Å²) >= 11 is 0. The Morgan fingerprint density at radius 2 is 1.59 bits per heavy atom. The number of morpholine rings is 1. The van der Waals surface area contributed by atoms with Gasteiger partial charge in [-0.3, -0.25) is 0 Å². The van der Waals surface area contributed by atoms with Crippen molar-refractivity contribution in [3.8, 4) is 17.1 Å². The van der Waals surface area contributed by atoms with Crippen molar-refractivity contribution >= 4 is 30.0 Å². The predicted molar refractivity (Wildman–Crippen MR) is 163 cm³/mol. The molecule has 17 heteroatoms. The summed E-state index contributed by atoms with van der Waals surface area (Å²) in [6.45, 7) is 8.90. The van der Waals surface area contributed by atoms with Crippen molar-refractivity contribution in [3.63, 3.8) is 0 Å². The monoisotopic (exact) mass is 642 g/mol. The number of hydrogen-bond donors (Lipinski definition) is 2. The van der Waals surface area contributed by atoms with E-state index in [0.717, 1.165) is 5.56 Å². The Bertz CT molecular complexity index is 1530. The Hall–Kier alpha value is -4.93. The van der Waals surface area contributed by atoms with Crippen molar-refractivity contribution in [2.45, 2.75) is 39.3 Å². The molecule has 2 aliphatic rings. The van der Waals surface area contributed by atoms with Gasteiger partial charge in [-0.2, -0.15) is 15.0 Å². The van der Waals surface area contributed by atoms with Crippen molar-refractivity contribution in [3.05, 3.63) is 41.7 Å². The van der Waals surface area contributed by atoms with Crippen LogP contribution in [-0.4, -0.2) is 100 Å². The number of alkyl halides is 2. The van der Waals surface area contributed by atoms with Gasteiger partial charge in [0.15, 0.2) is 5.82 Å². The molecular weight excluding hydrogens is 606 g/mol. The molecule has 0 unspecified atom stereocenters. The van der Waals surface area contributed by atoms with Gasteiger partial charge in [-0.25, -0.2) is 28.3 Å². The van der Waals surface area contributed by atoms with E-state index in [1.165, 1.54) is 6.20 Å². The van der Waals surface area contributed by atoms with E-state index in [1.807, 2.05) is 9.80 Å². The molecule has 0 spiro atoms. The topological polar surface area (TPSA) is 174 Å². The number of carbonyl (C=O) groups is 2. The van der Waals surface area contributed by atoms with Gasteiger partial charge in [0.25, 0.3) is 6.43 Å². The first-order valence-corrected chi connectivity index (χ1v) is 14.7. The predicted octanol–water partition coefficient (Wildman–Crippen LogP) is 3.03. The number of rotatable bonds is 7. The van der Waals surface area contributed by atoms with Gasteiger partial charge in [-0.15, -0.1) is 0 Å². The zero-order chi connectivity index (χ0) is 32.8. The molecule has 0 bridgehead atoms. The summed E-state index contributed by atoms with van der Waals surface area (Å²) in [6, 6.07) is 6.78. The number of aromatic nitrogens is 5. The van der Waals surface area contributed by atoms with Crippen molar-refractivity contribution in [1.82, 2.24) is 35.1 Å². The average molecular weight is 643 g/mol. The Kier molecular flexibility index (Phi) is 9.89. The molecule has 4 heterocycles. The third-order valence-corrected chi connectivity index (χ3v) is 6.98. The highest BCUT2D eigenvalue weighted by atomic mass is 19.3. The molecule has 0 radical (unpaired) electrons. The maximum atomic E-state index is 13.9. The molecule has 3 aromatic rings. The van der Waals surface area contributed by atoms with Crippen LogP contribution in [0.1, 0.15) is 38.5 Å². The molecule has 15 nitrogen and oxygen atoms in total. The van der Waals surface area contributed by atoms with E-state index in [-0.39, 0.29) is 29.8 Å². The van der Waals surface area contributed by atoms with E-state index in [1.54, 1.807) is 49.9 Å². The highest BCUT2D eigenvalue weighted by Gasteiger charge is 2.28. The van der Waals surface area contributed by atoms with Crippen LogP contribution in [0, 0.1) is 0 Å². The summed E-state index contributed by atoms with van der Waals surface area (Å²) in [6.07, 6.45) is -2.79. The molecule has 5 rings (SSSR count). The SMILES string of the molecule is CC(C)(C)OC(=O)NCc1ccc(OC(=O)N2CCN(c3nc(-c4cnc(N)nc4C(F)F)nc(N4CCOCC4)n3)CC2)cc1. The van der Waals surface area contributed by atoms with E-state index >= 15 is 0 Å².